The molecular formula is C25H34N6O2. The summed E-state index contributed by atoms with van der Waals surface area (Å²) >= 11 is 0. The van der Waals surface area contributed by atoms with Crippen molar-refractivity contribution in [3.63, 3.8) is 0 Å². The monoisotopic (exact) mass is 450 g/mol. The third-order valence-electron chi connectivity index (χ3n) is 7.02. The Bertz CT molecular complexity index is 950. The second kappa shape index (κ2) is 10.7. The van der Waals surface area contributed by atoms with Crippen LogP contribution < -0.4 is 5.73 Å². The van der Waals surface area contributed by atoms with Crippen LogP contribution in [0.1, 0.15) is 49.9 Å². The topological polar surface area (TPSA) is 96.9 Å². The first-order chi connectivity index (χ1) is 16.1. The Morgan fingerprint density at radius 3 is 2.42 bits per heavy atom. The number of amides is 1. The number of piperidine rings is 2. The van der Waals surface area contributed by atoms with Crippen LogP contribution >= 0.6 is 0 Å². The molecular weight excluding hydrogens is 416 g/mol. The van der Waals surface area contributed by atoms with Crippen molar-refractivity contribution in [2.24, 2.45) is 17.0 Å². The third kappa shape index (κ3) is 5.50. The van der Waals surface area contributed by atoms with Crippen LogP contribution in [0.25, 0.3) is 0 Å². The van der Waals surface area contributed by atoms with Gasteiger partial charge in [0.1, 0.15) is 18.6 Å². The molecule has 0 aromatic carbocycles. The van der Waals surface area contributed by atoms with E-state index in [1.165, 1.54) is 5.56 Å². The van der Waals surface area contributed by atoms with E-state index in [1.54, 1.807) is 19.5 Å². The minimum Gasteiger partial charge on any atom is -0.399 e. The summed E-state index contributed by atoms with van der Waals surface area (Å²) < 4.78 is 0. The Labute approximate surface area is 195 Å². The highest BCUT2D eigenvalue weighted by molar-refractivity contribution is 6.00. The Morgan fingerprint density at radius 2 is 1.79 bits per heavy atom. The van der Waals surface area contributed by atoms with E-state index in [9.17, 15) is 4.79 Å². The van der Waals surface area contributed by atoms with Crippen molar-refractivity contribution in [2.75, 3.05) is 39.0 Å². The van der Waals surface area contributed by atoms with Gasteiger partial charge in [0.2, 0.25) is 5.91 Å². The van der Waals surface area contributed by atoms with Crippen LogP contribution in [0, 0.1) is 11.8 Å². The number of likely N-dealkylation sites (tertiary alicyclic amines) is 2. The van der Waals surface area contributed by atoms with E-state index >= 15 is 0 Å². The fraction of sp³-hybridized carbons (Fsp3) is 0.520. The molecule has 2 saturated heterocycles. The summed E-state index contributed by atoms with van der Waals surface area (Å²) in [4.78, 5) is 31.3. The number of hydrogen-bond donors (Lipinski definition) is 1. The van der Waals surface area contributed by atoms with Crippen LogP contribution in [0.3, 0.4) is 0 Å². The molecule has 2 fully saturated rings. The molecule has 8 heteroatoms. The standard InChI is InChI=1S/C25H34N6O2/c1-18(21-6-12-28-23(26)17-21)30-13-9-20(10-14-30)25(32)31-15-7-19(8-16-31)24(29-33-2)22-5-3-4-11-27-22/h3-6,11-12,17-20H,7-10,13-16H2,1-2H3,(H2,26,28)/b29-24+/t18-/m1/s1. The molecule has 0 bridgehead atoms. The Kier molecular flexibility index (Phi) is 7.54. The van der Waals surface area contributed by atoms with Crippen LogP contribution in [0.15, 0.2) is 47.9 Å². The van der Waals surface area contributed by atoms with Crippen molar-refractivity contribution in [1.29, 1.82) is 0 Å². The number of carbonyl (C=O) groups excluding carboxylic acids is 1. The summed E-state index contributed by atoms with van der Waals surface area (Å²) in [5.41, 5.74) is 8.76. The number of carbonyl (C=O) groups is 1. The molecule has 0 radical (unpaired) electrons. The minimum absolute atomic E-state index is 0.107. The van der Waals surface area contributed by atoms with E-state index in [0.717, 1.165) is 63.3 Å². The number of nitrogens with two attached hydrogens (primary N) is 1. The Hall–Kier alpha value is -3.00. The molecule has 0 spiro atoms. The average molecular weight is 451 g/mol. The molecule has 4 rings (SSSR count). The predicted molar refractivity (Wildman–Crippen MR) is 128 cm³/mol. The molecule has 176 valence electrons. The first-order valence-corrected chi connectivity index (χ1v) is 11.8. The lowest BCUT2D eigenvalue weighted by Crippen LogP contribution is -2.46. The van der Waals surface area contributed by atoms with Crippen LogP contribution in [0.4, 0.5) is 5.82 Å². The molecule has 8 nitrogen and oxygen atoms in total. The number of rotatable bonds is 6. The summed E-state index contributed by atoms with van der Waals surface area (Å²) in [6.07, 6.45) is 7.09. The number of nitrogens with zero attached hydrogens (tertiary/aromatic N) is 5. The summed E-state index contributed by atoms with van der Waals surface area (Å²) in [6.45, 7) is 5.54. The first-order valence-electron chi connectivity index (χ1n) is 11.8. The van der Waals surface area contributed by atoms with E-state index in [0.29, 0.717) is 11.7 Å². The van der Waals surface area contributed by atoms with Crippen molar-refractivity contribution in [3.05, 3.63) is 54.0 Å². The smallest absolute Gasteiger partial charge is 0.225 e. The number of oxime groups is 1. The molecule has 0 unspecified atom stereocenters. The second-order valence-corrected chi connectivity index (χ2v) is 8.97. The highest BCUT2D eigenvalue weighted by Crippen LogP contribution is 2.29. The zero-order chi connectivity index (χ0) is 23.2. The van der Waals surface area contributed by atoms with Crippen molar-refractivity contribution >= 4 is 17.4 Å². The number of pyridine rings is 2. The predicted octanol–water partition coefficient (Wildman–Crippen LogP) is 3.12. The average Bonchev–Trinajstić information content (AvgIpc) is 2.87. The van der Waals surface area contributed by atoms with Gasteiger partial charge in [-0.2, -0.15) is 0 Å². The van der Waals surface area contributed by atoms with Gasteiger partial charge in [0.05, 0.1) is 5.69 Å². The van der Waals surface area contributed by atoms with Crippen LogP contribution in [0.5, 0.6) is 0 Å². The fourth-order valence-electron chi connectivity index (χ4n) is 5.04. The second-order valence-electron chi connectivity index (χ2n) is 8.97. The number of aromatic nitrogens is 2. The lowest BCUT2D eigenvalue weighted by Gasteiger charge is -2.39. The molecule has 0 aliphatic carbocycles. The largest absolute Gasteiger partial charge is 0.399 e. The lowest BCUT2D eigenvalue weighted by molar-refractivity contribution is -0.138. The molecule has 2 N–H and O–H groups in total. The van der Waals surface area contributed by atoms with Gasteiger partial charge in [0.15, 0.2) is 0 Å². The summed E-state index contributed by atoms with van der Waals surface area (Å²) in [7, 11) is 1.57. The molecule has 4 heterocycles. The van der Waals surface area contributed by atoms with Gasteiger partial charge in [-0.05, 0) is 75.5 Å². The highest BCUT2D eigenvalue weighted by Gasteiger charge is 2.33. The molecule has 33 heavy (non-hydrogen) atoms. The normalized spacial score (nSPS) is 19.9. The van der Waals surface area contributed by atoms with Gasteiger partial charge >= 0.3 is 0 Å². The van der Waals surface area contributed by atoms with Gasteiger partial charge in [0.25, 0.3) is 0 Å². The van der Waals surface area contributed by atoms with E-state index in [4.69, 9.17) is 10.6 Å². The van der Waals surface area contributed by atoms with E-state index < -0.39 is 0 Å². The Morgan fingerprint density at radius 1 is 1.06 bits per heavy atom. The summed E-state index contributed by atoms with van der Waals surface area (Å²) in [6, 6.07) is 10.1. The molecule has 2 aliphatic heterocycles. The van der Waals surface area contributed by atoms with Crippen LogP contribution in [-0.4, -0.2) is 64.7 Å². The molecule has 2 aromatic heterocycles. The van der Waals surface area contributed by atoms with Gasteiger partial charge in [-0.15, -0.1) is 0 Å². The van der Waals surface area contributed by atoms with Gasteiger partial charge in [-0.3, -0.25) is 14.7 Å². The van der Waals surface area contributed by atoms with Gasteiger partial charge in [0, 0.05) is 43.4 Å². The maximum absolute atomic E-state index is 13.2. The molecule has 2 aliphatic rings. The van der Waals surface area contributed by atoms with E-state index in [2.05, 4.69) is 26.9 Å². The summed E-state index contributed by atoms with van der Waals surface area (Å²) in [5, 5.41) is 4.27. The summed E-state index contributed by atoms with van der Waals surface area (Å²) in [5.74, 6) is 1.21. The zero-order valence-corrected chi connectivity index (χ0v) is 19.6. The van der Waals surface area contributed by atoms with Gasteiger partial charge in [-0.1, -0.05) is 11.2 Å². The van der Waals surface area contributed by atoms with Crippen molar-refractivity contribution in [2.45, 2.75) is 38.6 Å². The fourth-order valence-corrected chi connectivity index (χ4v) is 5.04. The quantitative estimate of drug-likeness (QED) is 0.537. The molecule has 1 amide bonds. The molecule has 1 atom stereocenters. The molecule has 0 saturated carbocycles. The first kappa shape index (κ1) is 23.2. The SMILES string of the molecule is CO/N=C(/c1ccccn1)C1CCN(C(=O)C2CCN([C@H](C)c3ccnc(N)c3)CC2)CC1. The molecule has 2 aromatic rings. The minimum atomic E-state index is 0.107. The lowest BCUT2D eigenvalue weighted by atomic mass is 9.88. The van der Waals surface area contributed by atoms with Crippen molar-refractivity contribution in [1.82, 2.24) is 19.8 Å². The van der Waals surface area contributed by atoms with Gasteiger partial charge < -0.3 is 15.5 Å². The van der Waals surface area contributed by atoms with Crippen molar-refractivity contribution in [3.8, 4) is 0 Å². The number of nitrogen functional groups attached to an aromatic ring is 1. The van der Waals surface area contributed by atoms with Crippen LogP contribution in [0.2, 0.25) is 0 Å². The third-order valence-corrected chi connectivity index (χ3v) is 7.02. The van der Waals surface area contributed by atoms with E-state index in [1.807, 2.05) is 35.2 Å². The number of hydrogen-bond acceptors (Lipinski definition) is 7. The number of anilines is 1. The van der Waals surface area contributed by atoms with E-state index in [-0.39, 0.29) is 17.9 Å². The van der Waals surface area contributed by atoms with Crippen molar-refractivity contribution < 1.29 is 9.63 Å². The Balaban J connectivity index is 1.29. The zero-order valence-electron chi connectivity index (χ0n) is 19.6. The maximum Gasteiger partial charge on any atom is 0.225 e. The van der Waals surface area contributed by atoms with Gasteiger partial charge in [-0.25, -0.2) is 4.98 Å². The van der Waals surface area contributed by atoms with Crippen LogP contribution in [-0.2, 0) is 9.63 Å². The maximum atomic E-state index is 13.2. The highest BCUT2D eigenvalue weighted by atomic mass is 16.6.